The number of benzene rings is 2. The predicted molar refractivity (Wildman–Crippen MR) is 114 cm³/mol. The van der Waals surface area contributed by atoms with Crippen LogP contribution in [0.25, 0.3) is 0 Å². The van der Waals surface area contributed by atoms with Crippen LogP contribution in [-0.4, -0.2) is 32.3 Å². The van der Waals surface area contributed by atoms with Gasteiger partial charge in [0.05, 0.1) is 18.7 Å². The van der Waals surface area contributed by atoms with Crippen LogP contribution in [0.4, 0.5) is 0 Å². The molecule has 0 aromatic heterocycles. The van der Waals surface area contributed by atoms with Crippen molar-refractivity contribution in [3.8, 4) is 5.75 Å². The molecule has 3 heteroatoms. The number of nitrogens with zero attached hydrogens (tertiary/aromatic N) is 1. The normalized spacial score (nSPS) is 17.2. The number of hydrogen-bond acceptors (Lipinski definition) is 3. The summed E-state index contributed by atoms with van der Waals surface area (Å²) in [5.41, 5.74) is 2.56. The largest absolute Gasteiger partial charge is 0.493 e. The molecule has 3 nitrogen and oxygen atoms in total. The van der Waals surface area contributed by atoms with E-state index in [0.29, 0.717) is 12.0 Å². The van der Waals surface area contributed by atoms with E-state index < -0.39 is 0 Å². The molecule has 27 heavy (non-hydrogen) atoms. The molecule has 0 spiro atoms. The third kappa shape index (κ3) is 6.08. The van der Waals surface area contributed by atoms with E-state index >= 15 is 0 Å². The first-order chi connectivity index (χ1) is 13.1. The van der Waals surface area contributed by atoms with Crippen molar-refractivity contribution in [2.24, 2.45) is 5.92 Å². The van der Waals surface area contributed by atoms with Gasteiger partial charge in [-0.25, -0.2) is 0 Å². The van der Waals surface area contributed by atoms with Crippen LogP contribution in [0.15, 0.2) is 54.6 Å². The Labute approximate surface area is 164 Å². The second-order valence-electron chi connectivity index (χ2n) is 8.20. The van der Waals surface area contributed by atoms with Crippen molar-refractivity contribution in [1.29, 1.82) is 0 Å². The average Bonchev–Trinajstić information content (AvgIpc) is 3.18. The van der Waals surface area contributed by atoms with E-state index in [0.717, 1.165) is 18.9 Å². The van der Waals surface area contributed by atoms with Crippen molar-refractivity contribution < 1.29 is 4.74 Å². The molecule has 0 saturated carbocycles. The Bertz CT molecular complexity index is 680. The molecule has 1 saturated heterocycles. The van der Waals surface area contributed by atoms with Gasteiger partial charge in [-0.15, -0.1) is 0 Å². The highest BCUT2D eigenvalue weighted by Gasteiger charge is 2.25. The van der Waals surface area contributed by atoms with E-state index in [-0.39, 0.29) is 6.04 Å². The number of hydrogen-bond donors (Lipinski definition) is 1. The summed E-state index contributed by atoms with van der Waals surface area (Å²) in [7, 11) is 0. The SMILES string of the molecule is CC(C)COc1cccc(C(NC(C)C[N+]2CCCC2)c2ccccc2)c1. The second kappa shape index (κ2) is 9.91. The van der Waals surface area contributed by atoms with Gasteiger partial charge in [0.25, 0.3) is 0 Å². The molecule has 1 fully saturated rings. The number of likely N-dealkylation sites (tertiary alicyclic amines) is 1. The fraction of sp³-hybridized carbons (Fsp3) is 0.500. The second-order valence-corrected chi connectivity index (χ2v) is 8.20. The van der Waals surface area contributed by atoms with Gasteiger partial charge in [0.1, 0.15) is 25.4 Å². The smallest absolute Gasteiger partial charge is 0.137 e. The maximum atomic E-state index is 5.97. The maximum absolute atomic E-state index is 5.97. The molecule has 0 aliphatic carbocycles. The summed E-state index contributed by atoms with van der Waals surface area (Å²) in [6.07, 6.45) is 2.67. The Morgan fingerprint density at radius 3 is 2.33 bits per heavy atom. The van der Waals surface area contributed by atoms with Crippen LogP contribution in [0.1, 0.15) is 50.8 Å². The first-order valence-electron chi connectivity index (χ1n) is 10.4. The van der Waals surface area contributed by atoms with Gasteiger partial charge < -0.3 is 4.74 Å². The van der Waals surface area contributed by atoms with Gasteiger partial charge in [-0.2, -0.15) is 4.90 Å². The van der Waals surface area contributed by atoms with Gasteiger partial charge in [-0.05, 0) is 36.1 Å². The first kappa shape index (κ1) is 19.9. The van der Waals surface area contributed by atoms with E-state index in [4.69, 9.17) is 4.74 Å². The summed E-state index contributed by atoms with van der Waals surface area (Å²) in [5, 5.41) is 3.87. The van der Waals surface area contributed by atoms with Crippen LogP contribution in [-0.2, 0) is 0 Å². The summed E-state index contributed by atoms with van der Waals surface area (Å²) in [6.45, 7) is 11.0. The van der Waals surface area contributed by atoms with Crippen LogP contribution in [0.3, 0.4) is 0 Å². The van der Waals surface area contributed by atoms with Crippen molar-refractivity contribution in [2.75, 3.05) is 26.2 Å². The lowest BCUT2D eigenvalue weighted by molar-refractivity contribution is 0.270. The van der Waals surface area contributed by atoms with Gasteiger partial charge in [0.2, 0.25) is 0 Å². The molecule has 2 atom stereocenters. The Morgan fingerprint density at radius 1 is 0.926 bits per heavy atom. The molecule has 1 aliphatic heterocycles. The number of rotatable bonds is 9. The van der Waals surface area contributed by atoms with Gasteiger partial charge >= 0.3 is 0 Å². The highest BCUT2D eigenvalue weighted by atomic mass is 16.5. The molecule has 1 heterocycles. The van der Waals surface area contributed by atoms with Gasteiger partial charge in [0, 0.05) is 12.8 Å². The molecule has 1 radical (unpaired) electrons. The quantitative estimate of drug-likeness (QED) is 0.650. The van der Waals surface area contributed by atoms with Crippen molar-refractivity contribution in [3.05, 3.63) is 65.7 Å². The van der Waals surface area contributed by atoms with Crippen LogP contribution < -0.4 is 15.0 Å². The lowest BCUT2D eigenvalue weighted by Crippen LogP contribution is -2.42. The summed E-state index contributed by atoms with van der Waals surface area (Å²) in [5.74, 6) is 1.48. The van der Waals surface area contributed by atoms with Crippen LogP contribution in [0.2, 0.25) is 0 Å². The Kier molecular flexibility index (Phi) is 7.31. The monoisotopic (exact) mass is 366 g/mol. The molecule has 145 valence electrons. The zero-order valence-corrected chi connectivity index (χ0v) is 17.0. The van der Waals surface area contributed by atoms with Crippen molar-refractivity contribution >= 4 is 0 Å². The zero-order chi connectivity index (χ0) is 19.1. The lowest BCUT2D eigenvalue weighted by Gasteiger charge is -2.25. The third-order valence-electron chi connectivity index (χ3n) is 5.09. The van der Waals surface area contributed by atoms with E-state index in [2.05, 4.69) is 85.6 Å². The minimum atomic E-state index is 0.173. The van der Waals surface area contributed by atoms with Crippen molar-refractivity contribution in [1.82, 2.24) is 10.2 Å². The molecule has 1 aliphatic rings. The summed E-state index contributed by atoms with van der Waals surface area (Å²) >= 11 is 0. The lowest BCUT2D eigenvalue weighted by atomic mass is 9.97. The van der Waals surface area contributed by atoms with Gasteiger partial charge in [-0.1, -0.05) is 56.3 Å². The molecule has 1 N–H and O–H groups in total. The van der Waals surface area contributed by atoms with Crippen LogP contribution >= 0.6 is 0 Å². The molecule has 0 amide bonds. The van der Waals surface area contributed by atoms with E-state index in [1.165, 1.54) is 37.1 Å². The van der Waals surface area contributed by atoms with Crippen molar-refractivity contribution in [3.63, 3.8) is 0 Å². The summed E-state index contributed by atoms with van der Waals surface area (Å²) in [6, 6.07) is 19.9. The highest BCUT2D eigenvalue weighted by Crippen LogP contribution is 2.26. The zero-order valence-electron chi connectivity index (χ0n) is 17.0. The average molecular weight is 367 g/mol. The van der Waals surface area contributed by atoms with Crippen LogP contribution in [0.5, 0.6) is 5.75 Å². The Hall–Kier alpha value is -1.84. The van der Waals surface area contributed by atoms with Crippen LogP contribution in [0, 0.1) is 5.92 Å². The van der Waals surface area contributed by atoms with Crippen molar-refractivity contribution in [2.45, 2.75) is 45.7 Å². The molecule has 2 aromatic carbocycles. The van der Waals surface area contributed by atoms with Gasteiger partial charge in [0.15, 0.2) is 0 Å². The first-order valence-corrected chi connectivity index (χ1v) is 10.4. The molecular weight excluding hydrogens is 332 g/mol. The predicted octanol–water partition coefficient (Wildman–Crippen LogP) is 4.72. The number of nitrogens with one attached hydrogen (secondary N) is 1. The third-order valence-corrected chi connectivity index (χ3v) is 5.09. The van der Waals surface area contributed by atoms with E-state index in [9.17, 15) is 0 Å². The Morgan fingerprint density at radius 2 is 1.63 bits per heavy atom. The number of ether oxygens (including phenoxy) is 1. The van der Waals surface area contributed by atoms with E-state index in [1.807, 2.05) is 0 Å². The summed E-state index contributed by atoms with van der Waals surface area (Å²) in [4.78, 5) is 2.57. The Balaban J connectivity index is 1.76. The van der Waals surface area contributed by atoms with E-state index in [1.54, 1.807) is 0 Å². The maximum Gasteiger partial charge on any atom is 0.137 e. The fourth-order valence-corrected chi connectivity index (χ4v) is 3.77. The molecule has 2 aromatic rings. The fourth-order valence-electron chi connectivity index (χ4n) is 3.77. The summed E-state index contributed by atoms with van der Waals surface area (Å²) < 4.78 is 5.97. The molecule has 3 rings (SSSR count). The highest BCUT2D eigenvalue weighted by molar-refractivity contribution is 5.37. The minimum Gasteiger partial charge on any atom is -0.493 e. The topological polar surface area (TPSA) is 27.2 Å². The standard InChI is InChI=1S/C24H34N2O/c1-19(2)18-27-23-13-9-12-22(16-23)24(21-10-5-4-6-11-21)25-20(3)17-26-14-7-8-15-26/h4-6,9-13,16,19-20,24-25H,7-8,14-15,17-18H2,1-3H3/q+1. The molecule has 0 bridgehead atoms. The molecule has 2 unspecified atom stereocenters. The molecular formula is C24H34N2O+. The minimum absolute atomic E-state index is 0.173. The van der Waals surface area contributed by atoms with Gasteiger partial charge in [-0.3, -0.25) is 5.32 Å².